The molecule has 2 atom stereocenters. The Bertz CT molecular complexity index is 1590. The number of piperidine rings is 1. The zero-order valence-corrected chi connectivity index (χ0v) is 28.3. The predicted octanol–water partition coefficient (Wildman–Crippen LogP) is 8.21. The summed E-state index contributed by atoms with van der Waals surface area (Å²) in [4.78, 5) is 28.7. The molecule has 0 aliphatic carbocycles. The van der Waals surface area contributed by atoms with Gasteiger partial charge in [-0.3, -0.25) is 9.69 Å². The molecule has 49 heavy (non-hydrogen) atoms. The van der Waals surface area contributed by atoms with Crippen molar-refractivity contribution in [3.63, 3.8) is 0 Å². The summed E-state index contributed by atoms with van der Waals surface area (Å²) in [5.41, 5.74) is -2.39. The highest BCUT2D eigenvalue weighted by atomic mass is 35.5. The third-order valence-electron chi connectivity index (χ3n) is 8.68. The van der Waals surface area contributed by atoms with Crippen LogP contribution < -0.4 is 5.32 Å². The fraction of sp³-hybridized carbons (Fsp3) is 0.394. The van der Waals surface area contributed by atoms with Crippen molar-refractivity contribution in [3.8, 4) is 0 Å². The smallest absolute Gasteiger partial charge is 0.416 e. The van der Waals surface area contributed by atoms with Crippen molar-refractivity contribution in [3.05, 3.63) is 105 Å². The number of nitrogens with one attached hydrogen (secondary N) is 1. The first kappa shape index (κ1) is 40.2. The maximum absolute atomic E-state index is 13.6. The average Bonchev–Trinajstić information content (AvgIpc) is 3.31. The first-order chi connectivity index (χ1) is 22.1. The van der Waals surface area contributed by atoms with Gasteiger partial charge in [0.15, 0.2) is 0 Å². The summed E-state index contributed by atoms with van der Waals surface area (Å²) in [6.07, 6.45) is -10.4. The van der Waals surface area contributed by atoms with Crippen molar-refractivity contribution in [1.29, 1.82) is 0 Å². The van der Waals surface area contributed by atoms with E-state index in [4.69, 9.17) is 27.9 Å². The number of hydrogen-bond acceptors (Lipinski definition) is 4. The zero-order valence-electron chi connectivity index (χ0n) is 26.0. The largest absolute Gasteiger partial charge is 0.439 e. The maximum atomic E-state index is 13.6. The minimum atomic E-state index is -5.04. The van der Waals surface area contributed by atoms with E-state index in [9.17, 15) is 35.9 Å². The molecule has 0 spiro atoms. The molecular formula is C33H34Cl3F6N3O4. The molecular weight excluding hydrogens is 723 g/mol. The minimum absolute atomic E-state index is 0. The summed E-state index contributed by atoms with van der Waals surface area (Å²) in [5, 5.41) is 3.56. The van der Waals surface area contributed by atoms with E-state index < -0.39 is 53.8 Å². The van der Waals surface area contributed by atoms with Crippen LogP contribution in [0.25, 0.3) is 0 Å². The molecule has 3 N–H and O–H groups in total. The average molecular weight is 757 g/mol. The first-order valence-electron chi connectivity index (χ1n) is 14.8. The number of carbonyl (C=O) groups is 2. The van der Waals surface area contributed by atoms with Crippen molar-refractivity contribution in [2.45, 2.75) is 62.8 Å². The summed E-state index contributed by atoms with van der Waals surface area (Å²) < 4.78 is 87.2. The molecule has 0 radical (unpaired) electrons. The van der Waals surface area contributed by atoms with Gasteiger partial charge in [-0.05, 0) is 66.3 Å². The molecule has 2 unspecified atom stereocenters. The molecule has 3 aromatic rings. The molecule has 2 aliphatic rings. The van der Waals surface area contributed by atoms with Crippen molar-refractivity contribution in [2.24, 2.45) is 0 Å². The molecule has 5 rings (SSSR count). The molecule has 0 saturated carbocycles. The van der Waals surface area contributed by atoms with Crippen LogP contribution >= 0.6 is 35.6 Å². The Morgan fingerprint density at radius 1 is 0.918 bits per heavy atom. The van der Waals surface area contributed by atoms with E-state index in [1.807, 2.05) is 30.3 Å². The number of ether oxygens (including phenoxy) is 1. The Labute approximate surface area is 295 Å². The Hall–Kier alpha value is -3.23. The van der Waals surface area contributed by atoms with Crippen molar-refractivity contribution >= 4 is 47.6 Å². The fourth-order valence-electron chi connectivity index (χ4n) is 6.38. The van der Waals surface area contributed by atoms with Crippen LogP contribution in [0.2, 0.25) is 10.0 Å². The Balaban J connectivity index is 0.00000325. The molecule has 16 heteroatoms. The molecule has 2 amide bonds. The molecule has 2 fully saturated rings. The van der Waals surface area contributed by atoms with Crippen LogP contribution in [0.5, 0.6) is 0 Å². The molecule has 2 heterocycles. The summed E-state index contributed by atoms with van der Waals surface area (Å²) in [6, 6.07) is 14.8. The number of carbonyl (C=O) groups excluding carboxylic acids is 2. The van der Waals surface area contributed by atoms with Gasteiger partial charge in [0.05, 0.1) is 32.8 Å². The predicted molar refractivity (Wildman–Crippen MR) is 175 cm³/mol. The monoisotopic (exact) mass is 755 g/mol. The lowest BCUT2D eigenvalue weighted by Crippen LogP contribution is -2.53. The van der Waals surface area contributed by atoms with E-state index in [0.717, 1.165) is 5.56 Å². The third kappa shape index (κ3) is 9.31. The number of amides is 2. The summed E-state index contributed by atoms with van der Waals surface area (Å²) >= 11 is 12.3. The summed E-state index contributed by atoms with van der Waals surface area (Å²) in [5.74, 6) is -0.160. The highest BCUT2D eigenvalue weighted by Gasteiger charge is 2.44. The third-order valence-corrected chi connectivity index (χ3v) is 9.42. The van der Waals surface area contributed by atoms with Crippen LogP contribution in [0.15, 0.2) is 66.7 Å². The van der Waals surface area contributed by atoms with Gasteiger partial charge in [-0.2, -0.15) is 26.3 Å². The van der Waals surface area contributed by atoms with Gasteiger partial charge in [0.25, 0.3) is 0 Å². The van der Waals surface area contributed by atoms with Gasteiger partial charge < -0.3 is 20.4 Å². The second-order valence-electron chi connectivity index (χ2n) is 11.8. The fourth-order valence-corrected chi connectivity index (χ4v) is 6.69. The van der Waals surface area contributed by atoms with E-state index in [1.54, 1.807) is 6.07 Å². The molecule has 2 aliphatic heterocycles. The Kier molecular flexibility index (Phi) is 12.9. The van der Waals surface area contributed by atoms with Gasteiger partial charge in [0.2, 0.25) is 5.91 Å². The number of rotatable bonds is 8. The van der Waals surface area contributed by atoms with Crippen molar-refractivity contribution < 1.29 is 46.1 Å². The second kappa shape index (κ2) is 15.8. The van der Waals surface area contributed by atoms with E-state index in [2.05, 4.69) is 10.2 Å². The minimum Gasteiger partial charge on any atom is -0.439 e. The molecule has 0 aromatic heterocycles. The van der Waals surface area contributed by atoms with Gasteiger partial charge >= 0.3 is 18.4 Å². The Morgan fingerprint density at radius 2 is 1.51 bits per heavy atom. The van der Waals surface area contributed by atoms with Gasteiger partial charge in [0, 0.05) is 33.1 Å². The van der Waals surface area contributed by atoms with Crippen LogP contribution in [0.1, 0.15) is 60.1 Å². The SMILES string of the molecule is CC(=O)NC1(c2ccccc2)CCN(CCC2C(c3ccc(Cl)c(Cl)c3)OC(=O)N2Cc2cc(C(F)(F)F)cc(C(F)(F)F)c2)CC1.Cl.O. The normalized spacial score (nSPS) is 19.4. The number of nitrogens with zero attached hydrogens (tertiary/aromatic N) is 2. The van der Waals surface area contributed by atoms with Gasteiger partial charge in [-0.1, -0.05) is 59.6 Å². The van der Waals surface area contributed by atoms with Crippen LogP contribution in [-0.4, -0.2) is 53.0 Å². The second-order valence-corrected chi connectivity index (χ2v) is 12.7. The van der Waals surface area contributed by atoms with E-state index in [1.165, 1.54) is 24.0 Å². The van der Waals surface area contributed by atoms with Crippen LogP contribution in [0.4, 0.5) is 31.1 Å². The van der Waals surface area contributed by atoms with Gasteiger partial charge in [0.1, 0.15) is 6.10 Å². The van der Waals surface area contributed by atoms with Crippen molar-refractivity contribution in [2.75, 3.05) is 19.6 Å². The molecule has 0 bridgehead atoms. The van der Waals surface area contributed by atoms with Crippen molar-refractivity contribution in [1.82, 2.24) is 15.1 Å². The van der Waals surface area contributed by atoms with Gasteiger partial charge in [-0.15, -0.1) is 12.4 Å². The molecule has 268 valence electrons. The number of hydrogen-bond donors (Lipinski definition) is 1. The van der Waals surface area contributed by atoms with Crippen LogP contribution in [-0.2, 0) is 34.0 Å². The number of cyclic esters (lactones) is 1. The number of likely N-dealkylation sites (tertiary alicyclic amines) is 1. The lowest BCUT2D eigenvalue weighted by atomic mass is 9.80. The van der Waals surface area contributed by atoms with Gasteiger partial charge in [-0.25, -0.2) is 4.79 Å². The topological polar surface area (TPSA) is 93.4 Å². The highest BCUT2D eigenvalue weighted by Crippen LogP contribution is 2.41. The summed E-state index contributed by atoms with van der Waals surface area (Å²) in [6.45, 7) is 2.51. The summed E-state index contributed by atoms with van der Waals surface area (Å²) in [7, 11) is 0. The quantitative estimate of drug-likeness (QED) is 0.235. The van der Waals surface area contributed by atoms with Crippen LogP contribution in [0.3, 0.4) is 0 Å². The van der Waals surface area contributed by atoms with E-state index in [0.29, 0.717) is 50.2 Å². The van der Waals surface area contributed by atoms with E-state index in [-0.39, 0.29) is 51.9 Å². The number of alkyl halides is 6. The number of halogens is 9. The van der Waals surface area contributed by atoms with E-state index >= 15 is 0 Å². The molecule has 2 saturated heterocycles. The lowest BCUT2D eigenvalue weighted by molar-refractivity contribution is -0.143. The van der Waals surface area contributed by atoms with Crippen LogP contribution in [0, 0.1) is 0 Å². The maximum Gasteiger partial charge on any atom is 0.416 e. The Morgan fingerprint density at radius 3 is 2.04 bits per heavy atom. The highest BCUT2D eigenvalue weighted by molar-refractivity contribution is 6.42. The first-order valence-corrected chi connectivity index (χ1v) is 15.6. The molecule has 3 aromatic carbocycles. The standard InChI is InChI=1S/C33H31Cl2F6N3O3.ClH.H2O/c1-20(45)42-31(23-5-3-2-4-6-23)10-13-43(14-11-31)12-9-28-29(22-7-8-26(34)27(35)17-22)47-30(46)44(28)19-21-15-24(32(36,37)38)18-25(16-21)33(39,40)41;;/h2-8,15-18,28-29H,9-14,19H2,1H3,(H,42,45);1H;1H2. The zero-order chi connectivity index (χ0) is 34.1. The molecule has 7 nitrogen and oxygen atoms in total. The lowest BCUT2D eigenvalue weighted by Gasteiger charge is -2.43. The number of benzene rings is 3.